The van der Waals surface area contributed by atoms with Crippen molar-refractivity contribution >= 4 is 11.0 Å². The maximum atomic E-state index is 13.0. The number of methoxy groups -OCH3 is 1. The molecule has 1 aromatic heterocycles. The maximum absolute atomic E-state index is 13.0. The molecule has 28 heavy (non-hydrogen) atoms. The smallest absolute Gasteiger partial charge is 0.416 e. The zero-order valence-corrected chi connectivity index (χ0v) is 14.7. The Bertz CT molecular complexity index is 1210. The molecule has 0 aliphatic heterocycles. The van der Waals surface area contributed by atoms with Gasteiger partial charge in [-0.3, -0.25) is 4.57 Å². The Morgan fingerprint density at radius 3 is 2.36 bits per heavy atom. The first-order valence-corrected chi connectivity index (χ1v) is 8.44. The second-order valence-corrected chi connectivity index (χ2v) is 6.25. The Morgan fingerprint density at radius 1 is 0.929 bits per heavy atom. The van der Waals surface area contributed by atoms with E-state index in [9.17, 15) is 18.0 Å². The minimum Gasteiger partial charge on any atom is -0.495 e. The van der Waals surface area contributed by atoms with Crippen LogP contribution in [0, 0.1) is 0 Å². The third-order valence-corrected chi connectivity index (χ3v) is 4.54. The van der Waals surface area contributed by atoms with E-state index in [-0.39, 0.29) is 5.52 Å². The van der Waals surface area contributed by atoms with Gasteiger partial charge in [0, 0.05) is 0 Å². The molecule has 1 heterocycles. The van der Waals surface area contributed by atoms with Gasteiger partial charge in [0.25, 0.3) is 0 Å². The van der Waals surface area contributed by atoms with Crippen LogP contribution >= 0.6 is 0 Å². The van der Waals surface area contributed by atoms with E-state index in [1.165, 1.54) is 17.7 Å². The van der Waals surface area contributed by atoms with Gasteiger partial charge in [-0.15, -0.1) is 0 Å². The first-order valence-electron chi connectivity index (χ1n) is 8.44. The summed E-state index contributed by atoms with van der Waals surface area (Å²) < 4.78 is 45.7. The molecular weight excluding hydrogens is 369 g/mol. The normalized spacial score (nSPS) is 11.7. The highest BCUT2D eigenvalue weighted by molar-refractivity contribution is 5.80. The molecule has 3 aromatic carbocycles. The molecule has 4 nitrogen and oxygen atoms in total. The summed E-state index contributed by atoms with van der Waals surface area (Å²) in [6.45, 7) is 0. The van der Waals surface area contributed by atoms with Crippen LogP contribution in [-0.2, 0) is 6.18 Å². The van der Waals surface area contributed by atoms with Crippen molar-refractivity contribution < 1.29 is 17.9 Å². The SMILES string of the molecule is COc1ccc(-c2ccccc2)cc1-n1c(=O)[nH]c2cc(C(F)(F)F)ccc21. The van der Waals surface area contributed by atoms with Crippen LogP contribution in [0.4, 0.5) is 13.2 Å². The van der Waals surface area contributed by atoms with Gasteiger partial charge in [-0.2, -0.15) is 13.2 Å². The summed E-state index contributed by atoms with van der Waals surface area (Å²) in [5, 5.41) is 0. The Labute approximate surface area is 157 Å². The largest absolute Gasteiger partial charge is 0.495 e. The number of fused-ring (bicyclic) bond motifs is 1. The summed E-state index contributed by atoms with van der Waals surface area (Å²) in [5.41, 5.74) is 1.31. The monoisotopic (exact) mass is 384 g/mol. The molecule has 0 amide bonds. The Morgan fingerprint density at radius 2 is 1.68 bits per heavy atom. The predicted octanol–water partition coefficient (Wildman–Crippen LogP) is 5.01. The van der Waals surface area contributed by atoms with Crippen LogP contribution in [0.5, 0.6) is 5.75 Å². The van der Waals surface area contributed by atoms with Gasteiger partial charge >= 0.3 is 11.9 Å². The summed E-state index contributed by atoms with van der Waals surface area (Å²) in [6, 6.07) is 18.1. The van der Waals surface area contributed by atoms with Crippen LogP contribution in [0.25, 0.3) is 27.8 Å². The fourth-order valence-electron chi connectivity index (χ4n) is 3.20. The molecule has 0 saturated heterocycles. The second kappa shape index (κ2) is 6.60. The standard InChI is InChI=1S/C21H15F3N2O2/c1-28-19-10-7-14(13-5-3-2-4-6-13)11-18(19)26-17-9-8-15(21(22,23)24)12-16(17)25-20(26)27/h2-12H,1H3,(H,25,27). The van der Waals surface area contributed by atoms with Crippen molar-refractivity contribution in [1.82, 2.24) is 9.55 Å². The number of alkyl halides is 3. The number of benzene rings is 3. The average molecular weight is 384 g/mol. The maximum Gasteiger partial charge on any atom is 0.416 e. The Kier molecular flexibility index (Phi) is 4.22. The minimum atomic E-state index is -4.49. The molecule has 7 heteroatoms. The highest BCUT2D eigenvalue weighted by Crippen LogP contribution is 2.33. The topological polar surface area (TPSA) is 47.0 Å². The zero-order chi connectivity index (χ0) is 19.9. The van der Waals surface area contributed by atoms with E-state index in [2.05, 4.69) is 4.98 Å². The summed E-state index contributed by atoms with van der Waals surface area (Å²) >= 11 is 0. The van der Waals surface area contributed by atoms with Gasteiger partial charge in [0.05, 0.1) is 29.4 Å². The number of H-pyrrole nitrogens is 1. The van der Waals surface area contributed by atoms with Crippen LogP contribution in [0.1, 0.15) is 5.56 Å². The van der Waals surface area contributed by atoms with E-state index < -0.39 is 17.4 Å². The molecule has 0 aliphatic rings. The number of hydrogen-bond donors (Lipinski definition) is 1. The molecule has 1 N–H and O–H groups in total. The number of ether oxygens (including phenoxy) is 1. The van der Waals surface area contributed by atoms with E-state index in [0.717, 1.165) is 23.3 Å². The molecule has 0 saturated carbocycles. The minimum absolute atomic E-state index is 0.104. The number of aromatic amines is 1. The molecule has 0 unspecified atom stereocenters. The fraction of sp³-hybridized carbons (Fsp3) is 0.0952. The van der Waals surface area contributed by atoms with Crippen molar-refractivity contribution in [2.45, 2.75) is 6.18 Å². The van der Waals surface area contributed by atoms with Crippen molar-refractivity contribution in [1.29, 1.82) is 0 Å². The zero-order valence-electron chi connectivity index (χ0n) is 14.7. The quantitative estimate of drug-likeness (QED) is 0.540. The van der Waals surface area contributed by atoms with E-state index in [1.54, 1.807) is 12.1 Å². The highest BCUT2D eigenvalue weighted by atomic mass is 19.4. The molecule has 4 rings (SSSR count). The molecule has 0 radical (unpaired) electrons. The van der Waals surface area contributed by atoms with Crippen molar-refractivity contribution in [3.63, 3.8) is 0 Å². The number of aromatic nitrogens is 2. The van der Waals surface area contributed by atoms with Gasteiger partial charge in [0.2, 0.25) is 0 Å². The van der Waals surface area contributed by atoms with Gasteiger partial charge in [-0.1, -0.05) is 36.4 Å². The molecule has 0 bridgehead atoms. The van der Waals surface area contributed by atoms with Gasteiger partial charge in [-0.25, -0.2) is 4.79 Å². The van der Waals surface area contributed by atoms with E-state index in [4.69, 9.17) is 4.74 Å². The molecule has 0 atom stereocenters. The number of nitrogens with zero attached hydrogens (tertiary/aromatic N) is 1. The Balaban J connectivity index is 1.94. The third kappa shape index (κ3) is 3.05. The van der Waals surface area contributed by atoms with Crippen LogP contribution < -0.4 is 10.4 Å². The van der Waals surface area contributed by atoms with E-state index >= 15 is 0 Å². The lowest BCUT2D eigenvalue weighted by Gasteiger charge is -2.12. The summed E-state index contributed by atoms with van der Waals surface area (Å²) in [7, 11) is 1.47. The van der Waals surface area contributed by atoms with Gasteiger partial charge in [0.1, 0.15) is 5.75 Å². The van der Waals surface area contributed by atoms with E-state index in [0.29, 0.717) is 17.0 Å². The fourth-order valence-corrected chi connectivity index (χ4v) is 3.20. The summed E-state index contributed by atoms with van der Waals surface area (Å²) in [4.78, 5) is 15.1. The van der Waals surface area contributed by atoms with Crippen LogP contribution in [0.3, 0.4) is 0 Å². The lowest BCUT2D eigenvalue weighted by atomic mass is 10.0. The molecule has 0 aliphatic carbocycles. The molecular formula is C21H15F3N2O2. The lowest BCUT2D eigenvalue weighted by Crippen LogP contribution is -2.15. The van der Waals surface area contributed by atoms with Crippen molar-refractivity contribution in [2.24, 2.45) is 0 Å². The predicted molar refractivity (Wildman–Crippen MR) is 101 cm³/mol. The van der Waals surface area contributed by atoms with Gasteiger partial charge in [0.15, 0.2) is 0 Å². The Hall–Kier alpha value is -3.48. The van der Waals surface area contributed by atoms with Gasteiger partial charge < -0.3 is 9.72 Å². The van der Waals surface area contributed by atoms with Crippen LogP contribution in [-0.4, -0.2) is 16.7 Å². The lowest BCUT2D eigenvalue weighted by molar-refractivity contribution is -0.137. The number of rotatable bonds is 3. The van der Waals surface area contributed by atoms with E-state index in [1.807, 2.05) is 36.4 Å². The average Bonchev–Trinajstić information content (AvgIpc) is 3.02. The molecule has 0 fully saturated rings. The number of nitrogens with one attached hydrogen (secondary N) is 1. The second-order valence-electron chi connectivity index (χ2n) is 6.25. The number of halogens is 3. The third-order valence-electron chi connectivity index (χ3n) is 4.54. The highest BCUT2D eigenvalue weighted by Gasteiger charge is 2.31. The molecule has 4 aromatic rings. The van der Waals surface area contributed by atoms with Crippen molar-refractivity contribution in [2.75, 3.05) is 7.11 Å². The van der Waals surface area contributed by atoms with Crippen molar-refractivity contribution in [3.8, 4) is 22.6 Å². The first kappa shape index (κ1) is 17.9. The summed E-state index contributed by atoms with van der Waals surface area (Å²) in [6.07, 6.45) is -4.49. The van der Waals surface area contributed by atoms with Crippen LogP contribution in [0.15, 0.2) is 71.5 Å². The number of hydrogen-bond acceptors (Lipinski definition) is 2. The van der Waals surface area contributed by atoms with Crippen LogP contribution in [0.2, 0.25) is 0 Å². The number of imidazole rings is 1. The summed E-state index contributed by atoms with van der Waals surface area (Å²) in [5.74, 6) is 0.433. The van der Waals surface area contributed by atoms with Crippen molar-refractivity contribution in [3.05, 3.63) is 82.8 Å². The van der Waals surface area contributed by atoms with Gasteiger partial charge in [-0.05, 0) is 41.5 Å². The first-order chi connectivity index (χ1) is 13.4. The molecule has 0 spiro atoms. The molecule has 142 valence electrons.